The minimum absolute atomic E-state index is 0.0675. The first-order valence-corrected chi connectivity index (χ1v) is 5.91. The molecule has 1 amide bonds. The molecule has 2 heterocycles. The number of aliphatic hydroxyl groups excluding tert-OH is 1. The van der Waals surface area contributed by atoms with Gasteiger partial charge in [0.15, 0.2) is 5.69 Å². The molecule has 1 aromatic heterocycles. The van der Waals surface area contributed by atoms with Crippen molar-refractivity contribution in [2.45, 2.75) is 25.9 Å². The molecule has 1 atom stereocenters. The van der Waals surface area contributed by atoms with Crippen LogP contribution in [0.25, 0.3) is 0 Å². The zero-order valence-corrected chi connectivity index (χ0v) is 10.2. The number of aryl methyl sites for hydroxylation is 1. The van der Waals surface area contributed by atoms with Crippen LogP contribution in [0.2, 0.25) is 0 Å². The molecule has 0 spiro atoms. The number of piperidine rings is 1. The molecule has 0 aromatic carbocycles. The van der Waals surface area contributed by atoms with Crippen molar-refractivity contribution < 1.29 is 9.90 Å². The van der Waals surface area contributed by atoms with Gasteiger partial charge in [-0.1, -0.05) is 0 Å². The van der Waals surface area contributed by atoms with E-state index < -0.39 is 0 Å². The third kappa shape index (κ3) is 2.63. The molecule has 94 valence electrons. The van der Waals surface area contributed by atoms with Crippen LogP contribution in [0.3, 0.4) is 0 Å². The standard InChI is InChI=1S/C11H18N4O2/c1-8(16)9-3-5-15(6-4-9)11(17)10-7-12-14(2)13-10/h7-9,16H,3-6H2,1-2H3. The Hall–Kier alpha value is -1.43. The van der Waals surface area contributed by atoms with E-state index in [1.807, 2.05) is 6.92 Å². The molecule has 17 heavy (non-hydrogen) atoms. The van der Waals surface area contributed by atoms with Crippen LogP contribution in [0.15, 0.2) is 6.20 Å². The number of rotatable bonds is 2. The summed E-state index contributed by atoms with van der Waals surface area (Å²) >= 11 is 0. The van der Waals surface area contributed by atoms with Gasteiger partial charge >= 0.3 is 0 Å². The number of aromatic nitrogens is 3. The van der Waals surface area contributed by atoms with E-state index in [2.05, 4.69) is 10.2 Å². The predicted molar refractivity (Wildman–Crippen MR) is 61.3 cm³/mol. The normalized spacial score (nSPS) is 19.4. The van der Waals surface area contributed by atoms with Gasteiger partial charge in [0.1, 0.15) is 0 Å². The minimum atomic E-state index is -0.288. The van der Waals surface area contributed by atoms with Gasteiger partial charge in [-0.2, -0.15) is 9.90 Å². The van der Waals surface area contributed by atoms with Crippen molar-refractivity contribution in [3.8, 4) is 0 Å². The molecule has 6 heteroatoms. The summed E-state index contributed by atoms with van der Waals surface area (Å²) in [5.41, 5.74) is 0.392. The average Bonchev–Trinajstić information content (AvgIpc) is 2.75. The number of amides is 1. The SMILES string of the molecule is CC(O)C1CCN(C(=O)c2cnn(C)n2)CC1. The van der Waals surface area contributed by atoms with Gasteiger partial charge in [0.25, 0.3) is 5.91 Å². The van der Waals surface area contributed by atoms with Crippen molar-refractivity contribution in [3.05, 3.63) is 11.9 Å². The number of carbonyl (C=O) groups is 1. The monoisotopic (exact) mass is 238 g/mol. The number of aliphatic hydroxyl groups is 1. The van der Waals surface area contributed by atoms with Crippen LogP contribution in [0, 0.1) is 5.92 Å². The fourth-order valence-corrected chi connectivity index (χ4v) is 2.19. The summed E-state index contributed by atoms with van der Waals surface area (Å²) < 4.78 is 0. The Morgan fingerprint density at radius 2 is 2.18 bits per heavy atom. The molecule has 1 aliphatic rings. The lowest BCUT2D eigenvalue weighted by Gasteiger charge is -2.32. The lowest BCUT2D eigenvalue weighted by atomic mass is 9.92. The van der Waals surface area contributed by atoms with E-state index in [4.69, 9.17) is 0 Å². The summed E-state index contributed by atoms with van der Waals surface area (Å²) in [6, 6.07) is 0. The van der Waals surface area contributed by atoms with Crippen LogP contribution in [0.1, 0.15) is 30.3 Å². The van der Waals surface area contributed by atoms with Crippen LogP contribution in [-0.2, 0) is 7.05 Å². The van der Waals surface area contributed by atoms with E-state index >= 15 is 0 Å². The van der Waals surface area contributed by atoms with Crippen molar-refractivity contribution in [2.75, 3.05) is 13.1 Å². The Morgan fingerprint density at radius 3 is 2.65 bits per heavy atom. The number of likely N-dealkylation sites (tertiary alicyclic amines) is 1. The van der Waals surface area contributed by atoms with E-state index in [-0.39, 0.29) is 12.0 Å². The maximum Gasteiger partial charge on any atom is 0.276 e. The Balaban J connectivity index is 1.95. The van der Waals surface area contributed by atoms with Gasteiger partial charge in [-0.05, 0) is 25.7 Å². The average molecular weight is 238 g/mol. The molecule has 1 unspecified atom stereocenters. The zero-order valence-electron chi connectivity index (χ0n) is 10.2. The summed E-state index contributed by atoms with van der Waals surface area (Å²) in [6.07, 6.45) is 2.90. The van der Waals surface area contributed by atoms with Gasteiger partial charge in [-0.15, -0.1) is 5.10 Å². The van der Waals surface area contributed by atoms with Crippen LogP contribution < -0.4 is 0 Å². The highest BCUT2D eigenvalue weighted by molar-refractivity contribution is 5.91. The van der Waals surface area contributed by atoms with Crippen molar-refractivity contribution in [3.63, 3.8) is 0 Å². The summed E-state index contributed by atoms with van der Waals surface area (Å²) in [6.45, 7) is 3.18. The van der Waals surface area contributed by atoms with Gasteiger partial charge in [0, 0.05) is 20.1 Å². The molecule has 1 saturated heterocycles. The number of carbonyl (C=O) groups excluding carboxylic acids is 1. The van der Waals surface area contributed by atoms with Gasteiger partial charge < -0.3 is 10.0 Å². The van der Waals surface area contributed by atoms with Gasteiger partial charge in [0.05, 0.1) is 12.3 Å². The summed E-state index contributed by atoms with van der Waals surface area (Å²) in [5, 5.41) is 17.4. The maximum atomic E-state index is 12.0. The predicted octanol–water partition coefficient (Wildman–Crippen LogP) is 0.0481. The van der Waals surface area contributed by atoms with E-state index in [1.54, 1.807) is 11.9 Å². The van der Waals surface area contributed by atoms with Crippen molar-refractivity contribution in [2.24, 2.45) is 13.0 Å². The van der Waals surface area contributed by atoms with Gasteiger partial charge in [0.2, 0.25) is 0 Å². The number of nitrogens with zero attached hydrogens (tertiary/aromatic N) is 4. The third-order valence-electron chi connectivity index (χ3n) is 3.33. The molecular weight excluding hydrogens is 220 g/mol. The molecule has 0 aliphatic carbocycles. The molecular formula is C11H18N4O2. The van der Waals surface area contributed by atoms with E-state index in [1.165, 1.54) is 11.0 Å². The third-order valence-corrected chi connectivity index (χ3v) is 3.33. The van der Waals surface area contributed by atoms with E-state index in [0.29, 0.717) is 24.7 Å². The fraction of sp³-hybridized carbons (Fsp3) is 0.727. The van der Waals surface area contributed by atoms with E-state index in [0.717, 1.165) is 12.8 Å². The first kappa shape index (κ1) is 12.0. The lowest BCUT2D eigenvalue weighted by molar-refractivity contribution is 0.0516. The second-order valence-electron chi connectivity index (χ2n) is 4.59. The van der Waals surface area contributed by atoms with E-state index in [9.17, 15) is 9.90 Å². The molecule has 1 aliphatic heterocycles. The molecule has 0 bridgehead atoms. The molecule has 6 nitrogen and oxygen atoms in total. The lowest BCUT2D eigenvalue weighted by Crippen LogP contribution is -2.40. The van der Waals surface area contributed by atoms with Gasteiger partial charge in [-0.3, -0.25) is 4.79 Å². The van der Waals surface area contributed by atoms with Crippen LogP contribution >= 0.6 is 0 Å². The molecule has 1 aromatic rings. The van der Waals surface area contributed by atoms with Crippen molar-refractivity contribution >= 4 is 5.91 Å². The zero-order chi connectivity index (χ0) is 12.4. The quantitative estimate of drug-likeness (QED) is 0.790. The summed E-state index contributed by atoms with van der Waals surface area (Å²) in [4.78, 5) is 15.2. The Labute approximate surface area is 100 Å². The molecule has 1 N–H and O–H groups in total. The van der Waals surface area contributed by atoms with Crippen molar-refractivity contribution in [1.29, 1.82) is 0 Å². The maximum absolute atomic E-state index is 12.0. The number of hydrogen-bond acceptors (Lipinski definition) is 4. The van der Waals surface area contributed by atoms with Crippen LogP contribution in [-0.4, -0.2) is 50.1 Å². The van der Waals surface area contributed by atoms with Crippen LogP contribution in [0.4, 0.5) is 0 Å². The molecule has 1 fully saturated rings. The van der Waals surface area contributed by atoms with Gasteiger partial charge in [-0.25, -0.2) is 0 Å². The highest BCUT2D eigenvalue weighted by Gasteiger charge is 2.27. The highest BCUT2D eigenvalue weighted by Crippen LogP contribution is 2.21. The summed E-state index contributed by atoms with van der Waals surface area (Å²) in [7, 11) is 1.69. The molecule has 0 radical (unpaired) electrons. The Kier molecular flexibility index (Phi) is 3.42. The fourth-order valence-electron chi connectivity index (χ4n) is 2.19. The largest absolute Gasteiger partial charge is 0.393 e. The highest BCUT2D eigenvalue weighted by atomic mass is 16.3. The van der Waals surface area contributed by atoms with Crippen LogP contribution in [0.5, 0.6) is 0 Å². The topological polar surface area (TPSA) is 71.2 Å². The second kappa shape index (κ2) is 4.83. The molecule has 0 saturated carbocycles. The second-order valence-corrected chi connectivity index (χ2v) is 4.59. The summed E-state index contributed by atoms with van der Waals surface area (Å²) in [5.74, 6) is 0.239. The first-order valence-electron chi connectivity index (χ1n) is 5.91. The smallest absolute Gasteiger partial charge is 0.276 e. The Morgan fingerprint density at radius 1 is 1.53 bits per heavy atom. The number of hydrogen-bond donors (Lipinski definition) is 1. The first-order chi connectivity index (χ1) is 8.08. The minimum Gasteiger partial charge on any atom is -0.393 e. The Bertz CT molecular complexity index is 394. The van der Waals surface area contributed by atoms with Crippen molar-refractivity contribution in [1.82, 2.24) is 19.9 Å². The molecule has 2 rings (SSSR count).